The lowest BCUT2D eigenvalue weighted by Gasteiger charge is -2.13. The molecule has 154 valence electrons. The van der Waals surface area contributed by atoms with E-state index in [4.69, 9.17) is 4.74 Å². The van der Waals surface area contributed by atoms with Gasteiger partial charge in [0.1, 0.15) is 18.2 Å². The number of imide groups is 1. The van der Waals surface area contributed by atoms with Gasteiger partial charge in [-0.05, 0) is 37.2 Å². The molecule has 0 saturated carbocycles. The fourth-order valence-corrected chi connectivity index (χ4v) is 3.07. The van der Waals surface area contributed by atoms with Gasteiger partial charge in [0.2, 0.25) is 0 Å². The fourth-order valence-electron chi connectivity index (χ4n) is 2.56. The van der Waals surface area contributed by atoms with Gasteiger partial charge < -0.3 is 4.74 Å². The van der Waals surface area contributed by atoms with E-state index >= 15 is 0 Å². The lowest BCUT2D eigenvalue weighted by Crippen LogP contribution is -2.27. The van der Waals surface area contributed by atoms with Crippen molar-refractivity contribution in [2.24, 2.45) is 0 Å². The molecule has 2 aromatic rings. The van der Waals surface area contributed by atoms with Gasteiger partial charge in [0.15, 0.2) is 0 Å². The highest BCUT2D eigenvalue weighted by Crippen LogP contribution is 2.19. The Kier molecular flexibility index (Phi) is 8.67. The van der Waals surface area contributed by atoms with Crippen molar-refractivity contribution in [1.82, 2.24) is 14.9 Å². The number of rotatable bonds is 7. The summed E-state index contributed by atoms with van der Waals surface area (Å²) in [6, 6.07) is 11.2. The molecule has 7 nitrogen and oxygen atoms in total. The zero-order valence-corrected chi connectivity index (χ0v) is 17.5. The van der Waals surface area contributed by atoms with Gasteiger partial charge in [-0.2, -0.15) is 0 Å². The number of nitrogens with one attached hydrogen (secondary N) is 1. The molecule has 0 atom stereocenters. The van der Waals surface area contributed by atoms with Crippen LogP contribution in [0, 0.1) is 6.92 Å². The molecule has 0 unspecified atom stereocenters. The molecule has 0 aliphatic carbocycles. The number of hydrogen-bond donors (Lipinski definition) is 1. The largest absolute Gasteiger partial charge is 0.492 e. The molecule has 0 spiro atoms. The number of carbonyl (C=O) groups excluding carboxylic acids is 2. The highest BCUT2D eigenvalue weighted by Gasteiger charge is 2.22. The number of nitrogens with zero attached hydrogens (tertiary/aromatic N) is 2. The van der Waals surface area contributed by atoms with Crippen molar-refractivity contribution >= 4 is 22.9 Å². The molecule has 0 bridgehead atoms. The first kappa shape index (κ1) is 22.4. The van der Waals surface area contributed by atoms with Crippen molar-refractivity contribution in [2.75, 3.05) is 6.61 Å². The molecule has 1 aromatic carbocycles. The highest BCUT2D eigenvalue weighted by atomic mass is 32.2. The lowest BCUT2D eigenvalue weighted by atomic mass is 10.2. The molecule has 1 N–H and O–H groups in total. The number of carbonyl (C=O) groups is 2. The minimum atomic E-state index is -0.375. The lowest BCUT2D eigenvalue weighted by molar-refractivity contribution is -0.115. The Balaban J connectivity index is 0.000000313. The molecule has 0 radical (unpaired) electrons. The maximum absolute atomic E-state index is 12.1. The van der Waals surface area contributed by atoms with Crippen molar-refractivity contribution in [3.63, 3.8) is 0 Å². The van der Waals surface area contributed by atoms with Crippen LogP contribution in [0.25, 0.3) is 0 Å². The summed E-state index contributed by atoms with van der Waals surface area (Å²) in [4.78, 5) is 37.5. The Morgan fingerprint density at radius 3 is 2.48 bits per heavy atom. The van der Waals surface area contributed by atoms with Crippen LogP contribution >= 0.6 is 11.8 Å². The maximum atomic E-state index is 12.1. The van der Waals surface area contributed by atoms with Gasteiger partial charge in [-0.1, -0.05) is 38.1 Å². The highest BCUT2D eigenvalue weighted by molar-refractivity contribution is 8.18. The van der Waals surface area contributed by atoms with Crippen LogP contribution in [-0.2, 0) is 17.8 Å². The molecule has 1 aromatic heterocycles. The first-order chi connectivity index (χ1) is 13.9. The van der Waals surface area contributed by atoms with Gasteiger partial charge in [-0.15, -0.1) is 0 Å². The smallest absolute Gasteiger partial charge is 0.290 e. The number of aryl methyl sites for hydroxylation is 2. The standard InChI is InChI=1S/C17H22N2O2.C4H3NO2S/c1-3-4-10-16-18-14(2)13-17(20)19(16)11-12-21-15-8-6-5-7-9-15;1-2-3(6)5-4(7)8-2/h5-9,13H,3-4,10-12H2,1-2H3;1H2,(H,5,6,7). The predicted molar refractivity (Wildman–Crippen MR) is 114 cm³/mol. The summed E-state index contributed by atoms with van der Waals surface area (Å²) in [5.41, 5.74) is 0.789. The summed E-state index contributed by atoms with van der Waals surface area (Å²) in [7, 11) is 0. The monoisotopic (exact) mass is 415 g/mol. The van der Waals surface area contributed by atoms with Crippen LogP contribution in [0.15, 0.2) is 52.7 Å². The van der Waals surface area contributed by atoms with Crippen LogP contribution in [-0.4, -0.2) is 27.3 Å². The number of ether oxygens (including phenoxy) is 1. The predicted octanol–water partition coefficient (Wildman–Crippen LogP) is 3.46. The number of para-hydroxylation sites is 1. The fraction of sp³-hybridized carbons (Fsp3) is 0.333. The molecule has 8 heteroatoms. The second-order valence-corrected chi connectivity index (χ2v) is 7.40. The van der Waals surface area contributed by atoms with Crippen LogP contribution in [0.5, 0.6) is 5.75 Å². The van der Waals surface area contributed by atoms with Crippen molar-refractivity contribution in [1.29, 1.82) is 0 Å². The van der Waals surface area contributed by atoms with Crippen molar-refractivity contribution in [3.8, 4) is 5.75 Å². The van der Waals surface area contributed by atoms with Crippen LogP contribution in [0.3, 0.4) is 0 Å². The second kappa shape index (κ2) is 11.2. The SMILES string of the molecule is C=C1SC(=O)NC1=O.CCCCc1nc(C)cc(=O)n1CCOc1ccccc1. The zero-order valence-electron chi connectivity index (χ0n) is 16.6. The zero-order chi connectivity index (χ0) is 21.2. The quantitative estimate of drug-likeness (QED) is 0.697. The topological polar surface area (TPSA) is 90.3 Å². The van der Waals surface area contributed by atoms with E-state index in [1.54, 1.807) is 10.6 Å². The third-order valence-electron chi connectivity index (χ3n) is 3.98. The molecular formula is C21H25N3O4S. The van der Waals surface area contributed by atoms with Gasteiger partial charge >= 0.3 is 0 Å². The molecule has 3 rings (SSSR count). The van der Waals surface area contributed by atoms with E-state index in [9.17, 15) is 14.4 Å². The van der Waals surface area contributed by atoms with Gasteiger partial charge in [0.25, 0.3) is 16.7 Å². The summed E-state index contributed by atoms with van der Waals surface area (Å²) >= 11 is 0.834. The van der Waals surface area contributed by atoms with E-state index in [0.29, 0.717) is 13.2 Å². The first-order valence-electron chi connectivity index (χ1n) is 9.38. The van der Waals surface area contributed by atoms with Gasteiger partial charge in [-0.3, -0.25) is 24.3 Å². The van der Waals surface area contributed by atoms with Gasteiger partial charge in [0, 0.05) is 18.2 Å². The third kappa shape index (κ3) is 7.23. The summed E-state index contributed by atoms with van der Waals surface area (Å²) in [5.74, 6) is 1.30. The van der Waals surface area contributed by atoms with E-state index in [1.807, 2.05) is 37.3 Å². The first-order valence-corrected chi connectivity index (χ1v) is 10.2. The molecule has 1 fully saturated rings. The van der Waals surface area contributed by atoms with E-state index in [-0.39, 0.29) is 21.6 Å². The van der Waals surface area contributed by atoms with Crippen LogP contribution in [0.4, 0.5) is 4.79 Å². The molecule has 2 amide bonds. The average molecular weight is 416 g/mol. The van der Waals surface area contributed by atoms with E-state index < -0.39 is 0 Å². The van der Waals surface area contributed by atoms with Crippen molar-refractivity contribution in [3.05, 3.63) is 69.8 Å². The Labute approximate surface area is 174 Å². The maximum Gasteiger partial charge on any atom is 0.290 e. The second-order valence-electron chi connectivity index (χ2n) is 6.34. The van der Waals surface area contributed by atoms with E-state index in [0.717, 1.165) is 48.3 Å². The average Bonchev–Trinajstić information content (AvgIpc) is 2.98. The van der Waals surface area contributed by atoms with Crippen LogP contribution < -0.4 is 15.6 Å². The number of amides is 2. The number of hydrogen-bond acceptors (Lipinski definition) is 6. The normalized spacial score (nSPS) is 13.0. The van der Waals surface area contributed by atoms with Gasteiger partial charge in [-0.25, -0.2) is 4.98 Å². The molecule has 1 aliphatic heterocycles. The van der Waals surface area contributed by atoms with E-state index in [2.05, 4.69) is 23.8 Å². The van der Waals surface area contributed by atoms with Crippen molar-refractivity contribution in [2.45, 2.75) is 39.7 Å². The Hall–Kier alpha value is -2.87. The molecule has 1 aliphatic rings. The van der Waals surface area contributed by atoms with Gasteiger partial charge in [0.05, 0.1) is 11.4 Å². The summed E-state index contributed by atoms with van der Waals surface area (Å²) < 4.78 is 7.39. The summed E-state index contributed by atoms with van der Waals surface area (Å²) in [6.07, 6.45) is 2.96. The van der Waals surface area contributed by atoms with Crippen LogP contribution in [0.1, 0.15) is 31.3 Å². The Bertz CT molecular complexity index is 907. The Morgan fingerprint density at radius 1 is 1.21 bits per heavy atom. The number of benzene rings is 1. The Morgan fingerprint density at radius 2 is 1.93 bits per heavy atom. The molecule has 1 saturated heterocycles. The number of unbranched alkanes of at least 4 members (excludes halogenated alkanes) is 1. The van der Waals surface area contributed by atoms with Crippen molar-refractivity contribution < 1.29 is 14.3 Å². The minimum Gasteiger partial charge on any atom is -0.492 e. The minimum absolute atomic E-state index is 0.00487. The van der Waals surface area contributed by atoms with E-state index in [1.165, 1.54) is 0 Å². The molecular weight excluding hydrogens is 390 g/mol. The number of thioether (sulfide) groups is 1. The third-order valence-corrected chi connectivity index (χ3v) is 4.70. The summed E-state index contributed by atoms with van der Waals surface area (Å²) in [5, 5.41) is 1.72. The molecule has 2 heterocycles. The summed E-state index contributed by atoms with van der Waals surface area (Å²) in [6.45, 7) is 8.31. The molecule has 29 heavy (non-hydrogen) atoms. The van der Waals surface area contributed by atoms with Crippen LogP contribution in [0.2, 0.25) is 0 Å². The number of aromatic nitrogens is 2.